The van der Waals surface area contributed by atoms with Gasteiger partial charge in [-0.3, -0.25) is 9.59 Å². The number of hydrogen-bond donors (Lipinski definition) is 1. The number of amides is 2. The molecule has 0 atom stereocenters. The molecule has 23 heavy (non-hydrogen) atoms. The first-order valence-corrected chi connectivity index (χ1v) is 7.73. The highest BCUT2D eigenvalue weighted by Gasteiger charge is 2.13. The van der Waals surface area contributed by atoms with Crippen LogP contribution < -0.4 is 10.1 Å². The van der Waals surface area contributed by atoms with E-state index in [1.165, 1.54) is 6.92 Å². The third-order valence-electron chi connectivity index (χ3n) is 3.51. The van der Waals surface area contributed by atoms with Gasteiger partial charge in [0, 0.05) is 26.6 Å². The van der Waals surface area contributed by atoms with Crippen LogP contribution in [0, 0.1) is 0 Å². The van der Waals surface area contributed by atoms with Crippen molar-refractivity contribution in [1.82, 2.24) is 15.1 Å². The van der Waals surface area contributed by atoms with E-state index >= 15 is 0 Å². The van der Waals surface area contributed by atoms with E-state index in [9.17, 15) is 9.59 Å². The minimum absolute atomic E-state index is 0.0910. The molecule has 1 rings (SSSR count). The molecule has 0 aliphatic rings. The Morgan fingerprint density at radius 2 is 1.87 bits per heavy atom. The van der Waals surface area contributed by atoms with Gasteiger partial charge in [-0.1, -0.05) is 18.2 Å². The van der Waals surface area contributed by atoms with Gasteiger partial charge in [0.1, 0.15) is 5.75 Å². The molecule has 1 aromatic rings. The van der Waals surface area contributed by atoms with Gasteiger partial charge in [-0.15, -0.1) is 0 Å². The maximum atomic E-state index is 12.0. The molecule has 0 saturated heterocycles. The van der Waals surface area contributed by atoms with Crippen LogP contribution in [0.15, 0.2) is 24.3 Å². The van der Waals surface area contributed by atoms with Crippen molar-refractivity contribution in [3.63, 3.8) is 0 Å². The molecule has 0 aliphatic carbocycles. The summed E-state index contributed by atoms with van der Waals surface area (Å²) in [5, 5.41) is 2.85. The Labute approximate surface area is 138 Å². The van der Waals surface area contributed by atoms with Gasteiger partial charge < -0.3 is 19.9 Å². The summed E-state index contributed by atoms with van der Waals surface area (Å²) in [7, 11) is 5.50. The summed E-state index contributed by atoms with van der Waals surface area (Å²) in [6, 6.07) is 7.73. The number of likely N-dealkylation sites (N-methyl/N-ethyl adjacent to an activating group) is 1. The van der Waals surface area contributed by atoms with E-state index in [1.807, 2.05) is 43.3 Å². The average molecular weight is 321 g/mol. The SMILES string of the molecule is COc1ccccc1CCNC(=O)CN(CCN(C)C)C(C)=O. The van der Waals surface area contributed by atoms with E-state index in [0.717, 1.165) is 17.9 Å². The Hall–Kier alpha value is -2.08. The first kappa shape index (κ1) is 19.0. The molecular formula is C17H27N3O3. The Bertz CT molecular complexity index is 518. The van der Waals surface area contributed by atoms with Crippen molar-refractivity contribution < 1.29 is 14.3 Å². The molecule has 0 saturated carbocycles. The number of carbonyl (C=O) groups is 2. The topological polar surface area (TPSA) is 61.9 Å². The molecule has 2 amide bonds. The predicted molar refractivity (Wildman–Crippen MR) is 90.5 cm³/mol. The van der Waals surface area contributed by atoms with Crippen molar-refractivity contribution in [3.8, 4) is 5.75 Å². The lowest BCUT2D eigenvalue weighted by Gasteiger charge is -2.22. The van der Waals surface area contributed by atoms with Crippen molar-refractivity contribution in [2.75, 3.05) is 47.4 Å². The summed E-state index contributed by atoms with van der Waals surface area (Å²) in [6.07, 6.45) is 0.688. The summed E-state index contributed by atoms with van der Waals surface area (Å²) in [5.74, 6) is 0.582. The van der Waals surface area contributed by atoms with Crippen LogP contribution in [0.1, 0.15) is 12.5 Å². The van der Waals surface area contributed by atoms with Gasteiger partial charge >= 0.3 is 0 Å². The predicted octanol–water partition coefficient (Wildman–Crippen LogP) is 0.764. The molecule has 0 unspecified atom stereocenters. The number of para-hydroxylation sites is 1. The van der Waals surface area contributed by atoms with E-state index in [1.54, 1.807) is 12.0 Å². The van der Waals surface area contributed by atoms with E-state index < -0.39 is 0 Å². The molecule has 0 fully saturated rings. The van der Waals surface area contributed by atoms with Gasteiger partial charge in [-0.25, -0.2) is 0 Å². The Morgan fingerprint density at radius 1 is 1.17 bits per heavy atom. The maximum Gasteiger partial charge on any atom is 0.239 e. The summed E-state index contributed by atoms with van der Waals surface area (Å²) >= 11 is 0. The summed E-state index contributed by atoms with van der Waals surface area (Å²) in [5.41, 5.74) is 1.05. The van der Waals surface area contributed by atoms with Crippen LogP contribution in [0.2, 0.25) is 0 Å². The van der Waals surface area contributed by atoms with Crippen LogP contribution in [-0.2, 0) is 16.0 Å². The van der Waals surface area contributed by atoms with Gasteiger partial charge in [0.05, 0.1) is 13.7 Å². The molecule has 0 bridgehead atoms. The molecule has 0 spiro atoms. The molecule has 0 aliphatic heterocycles. The second kappa shape index (κ2) is 9.84. The average Bonchev–Trinajstić information content (AvgIpc) is 2.51. The summed E-state index contributed by atoms with van der Waals surface area (Å²) < 4.78 is 5.28. The van der Waals surface area contributed by atoms with Gasteiger partial charge in [0.2, 0.25) is 11.8 Å². The number of ether oxygens (including phenoxy) is 1. The quantitative estimate of drug-likeness (QED) is 0.729. The largest absolute Gasteiger partial charge is 0.496 e. The summed E-state index contributed by atoms with van der Waals surface area (Å²) in [4.78, 5) is 27.1. The number of methoxy groups -OCH3 is 1. The number of rotatable bonds is 9. The van der Waals surface area contributed by atoms with Crippen LogP contribution in [0.3, 0.4) is 0 Å². The highest BCUT2D eigenvalue weighted by atomic mass is 16.5. The second-order valence-corrected chi connectivity index (χ2v) is 5.66. The van der Waals surface area contributed by atoms with Crippen molar-refractivity contribution in [1.29, 1.82) is 0 Å². The van der Waals surface area contributed by atoms with E-state index in [2.05, 4.69) is 5.32 Å². The summed E-state index contributed by atoms with van der Waals surface area (Å²) in [6.45, 7) is 3.36. The highest BCUT2D eigenvalue weighted by Crippen LogP contribution is 2.17. The molecule has 6 nitrogen and oxygen atoms in total. The van der Waals surface area contributed by atoms with Gasteiger partial charge in [0.25, 0.3) is 0 Å². The van der Waals surface area contributed by atoms with Crippen molar-refractivity contribution in [3.05, 3.63) is 29.8 Å². The van der Waals surface area contributed by atoms with Crippen LogP contribution in [0.4, 0.5) is 0 Å². The Morgan fingerprint density at radius 3 is 2.48 bits per heavy atom. The molecular weight excluding hydrogens is 294 g/mol. The van der Waals surface area contributed by atoms with E-state index in [-0.39, 0.29) is 18.4 Å². The van der Waals surface area contributed by atoms with Crippen LogP contribution >= 0.6 is 0 Å². The first-order chi connectivity index (χ1) is 10.9. The molecule has 0 aromatic heterocycles. The fourth-order valence-electron chi connectivity index (χ4n) is 2.14. The van der Waals surface area contributed by atoms with E-state index in [4.69, 9.17) is 4.74 Å². The lowest BCUT2D eigenvalue weighted by molar-refractivity contribution is -0.134. The lowest BCUT2D eigenvalue weighted by atomic mass is 10.1. The minimum Gasteiger partial charge on any atom is -0.496 e. The molecule has 0 heterocycles. The fourth-order valence-corrected chi connectivity index (χ4v) is 2.14. The minimum atomic E-state index is -0.145. The maximum absolute atomic E-state index is 12.0. The zero-order valence-electron chi connectivity index (χ0n) is 14.5. The van der Waals surface area contributed by atoms with Crippen LogP contribution in [0.5, 0.6) is 5.75 Å². The monoisotopic (exact) mass is 321 g/mol. The molecule has 128 valence electrons. The molecule has 1 N–H and O–H groups in total. The third-order valence-corrected chi connectivity index (χ3v) is 3.51. The normalized spacial score (nSPS) is 10.5. The van der Waals surface area contributed by atoms with Crippen LogP contribution in [0.25, 0.3) is 0 Å². The second-order valence-electron chi connectivity index (χ2n) is 5.66. The zero-order valence-corrected chi connectivity index (χ0v) is 14.5. The van der Waals surface area contributed by atoms with Crippen molar-refractivity contribution >= 4 is 11.8 Å². The smallest absolute Gasteiger partial charge is 0.239 e. The fraction of sp³-hybridized carbons (Fsp3) is 0.529. The standard InChI is InChI=1S/C17H27N3O3/c1-14(21)20(12-11-19(2)3)13-17(22)18-10-9-15-7-5-6-8-16(15)23-4/h5-8H,9-13H2,1-4H3,(H,18,22). The highest BCUT2D eigenvalue weighted by molar-refractivity contribution is 5.83. The number of benzene rings is 1. The number of nitrogens with zero attached hydrogens (tertiary/aromatic N) is 2. The zero-order chi connectivity index (χ0) is 17.2. The Balaban J connectivity index is 2.41. The molecule has 6 heteroatoms. The number of carbonyl (C=O) groups excluding carboxylic acids is 2. The van der Waals surface area contributed by atoms with Crippen molar-refractivity contribution in [2.45, 2.75) is 13.3 Å². The third kappa shape index (κ3) is 7.15. The number of hydrogen-bond acceptors (Lipinski definition) is 4. The van der Waals surface area contributed by atoms with Crippen LogP contribution in [-0.4, -0.2) is 69.0 Å². The van der Waals surface area contributed by atoms with Gasteiger partial charge in [-0.05, 0) is 32.1 Å². The molecule has 1 aromatic carbocycles. The van der Waals surface area contributed by atoms with Crippen molar-refractivity contribution in [2.24, 2.45) is 0 Å². The van der Waals surface area contributed by atoms with Gasteiger partial charge in [-0.2, -0.15) is 0 Å². The lowest BCUT2D eigenvalue weighted by Crippen LogP contribution is -2.43. The first-order valence-electron chi connectivity index (χ1n) is 7.73. The molecule has 0 radical (unpaired) electrons. The van der Waals surface area contributed by atoms with Gasteiger partial charge in [0.15, 0.2) is 0 Å². The number of nitrogens with one attached hydrogen (secondary N) is 1. The van der Waals surface area contributed by atoms with E-state index in [0.29, 0.717) is 19.5 Å². The Kier molecular flexibility index (Phi) is 8.11.